The predicted octanol–water partition coefficient (Wildman–Crippen LogP) is 3.48. The molecule has 0 aliphatic carbocycles. The lowest BCUT2D eigenvalue weighted by Gasteiger charge is -2.13. The molecule has 0 aliphatic heterocycles. The molecule has 0 N–H and O–H groups in total. The fraction of sp³-hybridized carbons (Fsp3) is 0.300. The third-order valence-electron chi connectivity index (χ3n) is 1.81. The Bertz CT molecular complexity index is 402. The summed E-state index contributed by atoms with van der Waals surface area (Å²) in [6, 6.07) is 2.96. The molecule has 0 aromatic heterocycles. The van der Waals surface area contributed by atoms with E-state index in [1.807, 2.05) is 0 Å². The van der Waals surface area contributed by atoms with Crippen molar-refractivity contribution in [3.63, 3.8) is 0 Å². The summed E-state index contributed by atoms with van der Waals surface area (Å²) >= 11 is 5.11. The van der Waals surface area contributed by atoms with Crippen LogP contribution in [0.1, 0.15) is 22.8 Å². The first-order valence-electron chi connectivity index (χ1n) is 4.40. The predicted molar refractivity (Wildman–Crippen MR) is 52.8 cm³/mol. The Morgan fingerprint density at radius 2 is 2.06 bits per heavy atom. The standard InChI is InChI=1S/C10H8ClF3O2/c1-2-16-8-4-3-6(9(11)15)5-7(8)10(12,13)14/h3-5H,2H2,1H3. The summed E-state index contributed by atoms with van der Waals surface area (Å²) in [5.41, 5.74) is -1.21. The second-order valence-corrected chi connectivity index (χ2v) is 3.26. The Hall–Kier alpha value is -1.23. The Morgan fingerprint density at radius 3 is 2.50 bits per heavy atom. The van der Waals surface area contributed by atoms with E-state index in [4.69, 9.17) is 16.3 Å². The molecule has 0 saturated carbocycles. The minimum Gasteiger partial charge on any atom is -0.493 e. The van der Waals surface area contributed by atoms with Crippen LogP contribution in [0.5, 0.6) is 5.75 Å². The SMILES string of the molecule is CCOc1ccc(C(=O)Cl)cc1C(F)(F)F. The molecule has 1 aromatic carbocycles. The number of carbonyl (C=O) groups is 1. The quantitative estimate of drug-likeness (QED) is 0.770. The van der Waals surface area contributed by atoms with Crippen LogP contribution in [0.25, 0.3) is 0 Å². The normalized spacial score (nSPS) is 11.3. The van der Waals surface area contributed by atoms with Crippen molar-refractivity contribution < 1.29 is 22.7 Å². The van der Waals surface area contributed by atoms with Crippen LogP contribution >= 0.6 is 11.6 Å². The van der Waals surface area contributed by atoms with E-state index in [-0.39, 0.29) is 17.9 Å². The maximum Gasteiger partial charge on any atom is 0.419 e. The van der Waals surface area contributed by atoms with Gasteiger partial charge in [-0.15, -0.1) is 0 Å². The zero-order valence-corrected chi connectivity index (χ0v) is 9.02. The first kappa shape index (κ1) is 12.8. The lowest BCUT2D eigenvalue weighted by Crippen LogP contribution is -2.10. The third-order valence-corrected chi connectivity index (χ3v) is 2.03. The number of carbonyl (C=O) groups excluding carboxylic acids is 1. The van der Waals surface area contributed by atoms with Gasteiger partial charge in [-0.3, -0.25) is 4.79 Å². The molecule has 88 valence electrons. The van der Waals surface area contributed by atoms with E-state index in [0.29, 0.717) is 6.07 Å². The fourth-order valence-electron chi connectivity index (χ4n) is 1.16. The molecule has 0 spiro atoms. The van der Waals surface area contributed by atoms with Crippen LogP contribution in [0.15, 0.2) is 18.2 Å². The summed E-state index contributed by atoms with van der Waals surface area (Å²) in [5, 5.41) is -0.937. The first-order valence-corrected chi connectivity index (χ1v) is 4.78. The molecule has 0 heterocycles. The summed E-state index contributed by atoms with van der Waals surface area (Å²) in [4.78, 5) is 10.8. The Labute approximate surface area is 95.0 Å². The average molecular weight is 253 g/mol. The van der Waals surface area contributed by atoms with Gasteiger partial charge in [0, 0.05) is 5.56 Å². The Morgan fingerprint density at radius 1 is 1.44 bits per heavy atom. The van der Waals surface area contributed by atoms with Crippen LogP contribution in [0.4, 0.5) is 13.2 Å². The summed E-state index contributed by atoms with van der Waals surface area (Å²) in [5.74, 6) is -0.309. The number of halogens is 4. The summed E-state index contributed by atoms with van der Waals surface area (Å²) < 4.78 is 42.6. The zero-order valence-electron chi connectivity index (χ0n) is 8.27. The summed E-state index contributed by atoms with van der Waals surface area (Å²) in [6.45, 7) is 1.68. The molecular weight excluding hydrogens is 245 g/mol. The number of ether oxygens (including phenoxy) is 1. The van der Waals surface area contributed by atoms with Crippen LogP contribution < -0.4 is 4.74 Å². The van der Waals surface area contributed by atoms with Gasteiger partial charge in [0.2, 0.25) is 0 Å². The highest BCUT2D eigenvalue weighted by molar-refractivity contribution is 6.67. The highest BCUT2D eigenvalue weighted by atomic mass is 35.5. The largest absolute Gasteiger partial charge is 0.493 e. The molecular formula is C10H8ClF3O2. The van der Waals surface area contributed by atoms with Crippen molar-refractivity contribution in [2.45, 2.75) is 13.1 Å². The van der Waals surface area contributed by atoms with Gasteiger partial charge in [0.05, 0.1) is 12.2 Å². The smallest absolute Gasteiger partial charge is 0.419 e. The molecule has 0 atom stereocenters. The minimum atomic E-state index is -4.58. The highest BCUT2D eigenvalue weighted by Crippen LogP contribution is 2.37. The van der Waals surface area contributed by atoms with E-state index in [0.717, 1.165) is 6.07 Å². The number of hydrogen-bond acceptors (Lipinski definition) is 2. The maximum absolute atomic E-state index is 12.6. The monoisotopic (exact) mass is 252 g/mol. The van der Waals surface area contributed by atoms with Crippen molar-refractivity contribution in [3.05, 3.63) is 29.3 Å². The Balaban J connectivity index is 3.27. The average Bonchev–Trinajstić information content (AvgIpc) is 2.16. The topological polar surface area (TPSA) is 26.3 Å². The highest BCUT2D eigenvalue weighted by Gasteiger charge is 2.35. The molecule has 0 unspecified atom stereocenters. The van der Waals surface area contributed by atoms with Crippen molar-refractivity contribution in [2.24, 2.45) is 0 Å². The fourth-order valence-corrected chi connectivity index (χ4v) is 1.27. The van der Waals surface area contributed by atoms with Gasteiger partial charge in [-0.2, -0.15) is 13.2 Å². The van der Waals surface area contributed by atoms with Gasteiger partial charge < -0.3 is 4.74 Å². The van der Waals surface area contributed by atoms with E-state index in [1.54, 1.807) is 6.92 Å². The van der Waals surface area contributed by atoms with Crippen molar-refractivity contribution in [2.75, 3.05) is 6.61 Å². The van der Waals surface area contributed by atoms with Gasteiger partial charge in [-0.25, -0.2) is 0 Å². The molecule has 6 heteroatoms. The zero-order chi connectivity index (χ0) is 12.3. The third kappa shape index (κ3) is 2.88. The van der Waals surface area contributed by atoms with E-state index in [2.05, 4.69) is 0 Å². The molecule has 0 bridgehead atoms. The number of alkyl halides is 3. The lowest BCUT2D eigenvalue weighted by atomic mass is 10.1. The molecule has 0 radical (unpaired) electrons. The van der Waals surface area contributed by atoms with Gasteiger partial charge in [-0.05, 0) is 36.7 Å². The molecule has 1 aromatic rings. The van der Waals surface area contributed by atoms with Gasteiger partial charge in [-0.1, -0.05) is 0 Å². The van der Waals surface area contributed by atoms with E-state index in [9.17, 15) is 18.0 Å². The van der Waals surface area contributed by atoms with Crippen molar-refractivity contribution in [3.8, 4) is 5.75 Å². The molecule has 0 fully saturated rings. The van der Waals surface area contributed by atoms with Crippen molar-refractivity contribution in [1.29, 1.82) is 0 Å². The lowest BCUT2D eigenvalue weighted by molar-refractivity contribution is -0.138. The van der Waals surface area contributed by atoms with Gasteiger partial charge in [0.25, 0.3) is 5.24 Å². The number of benzene rings is 1. The summed E-state index contributed by atoms with van der Waals surface area (Å²) in [7, 11) is 0. The molecule has 16 heavy (non-hydrogen) atoms. The molecule has 0 saturated heterocycles. The van der Waals surface area contributed by atoms with Crippen LogP contribution in [0.3, 0.4) is 0 Å². The van der Waals surface area contributed by atoms with E-state index < -0.39 is 17.0 Å². The maximum atomic E-state index is 12.6. The van der Waals surface area contributed by atoms with Gasteiger partial charge in [0.1, 0.15) is 5.75 Å². The van der Waals surface area contributed by atoms with E-state index in [1.165, 1.54) is 6.07 Å². The first-order chi connectivity index (χ1) is 7.36. The second kappa shape index (κ2) is 4.74. The molecule has 0 aliphatic rings. The minimum absolute atomic E-state index is 0.108. The second-order valence-electron chi connectivity index (χ2n) is 2.92. The van der Waals surface area contributed by atoms with Crippen molar-refractivity contribution in [1.82, 2.24) is 0 Å². The molecule has 2 nitrogen and oxygen atoms in total. The Kier molecular flexibility index (Phi) is 3.80. The van der Waals surface area contributed by atoms with E-state index >= 15 is 0 Å². The van der Waals surface area contributed by atoms with Crippen LogP contribution in [0, 0.1) is 0 Å². The molecule has 0 amide bonds. The number of hydrogen-bond donors (Lipinski definition) is 0. The van der Waals surface area contributed by atoms with Crippen LogP contribution in [-0.2, 0) is 6.18 Å². The summed E-state index contributed by atoms with van der Waals surface area (Å²) in [6.07, 6.45) is -4.58. The molecule has 1 rings (SSSR count). The number of rotatable bonds is 3. The van der Waals surface area contributed by atoms with Crippen molar-refractivity contribution >= 4 is 16.8 Å². The van der Waals surface area contributed by atoms with Gasteiger partial charge in [0.15, 0.2) is 0 Å². The van der Waals surface area contributed by atoms with Gasteiger partial charge >= 0.3 is 6.18 Å². The van der Waals surface area contributed by atoms with Crippen LogP contribution in [-0.4, -0.2) is 11.8 Å². The van der Waals surface area contributed by atoms with Crippen LogP contribution in [0.2, 0.25) is 0 Å².